The van der Waals surface area contributed by atoms with Crippen LogP contribution in [-0.4, -0.2) is 58.3 Å². The number of nitrogens with zero attached hydrogens (tertiary/aromatic N) is 4. The standard InChI is InChI=1S/C12H20N4O/c1-12(2,17)10-15-5-7-16(8-6-15)11-9-13-3-4-14-11/h3-4,9,17H,5-8,10H2,1-2H3. The number of aromatic nitrogens is 2. The summed E-state index contributed by atoms with van der Waals surface area (Å²) < 4.78 is 0. The van der Waals surface area contributed by atoms with Gasteiger partial charge in [0.25, 0.3) is 0 Å². The molecule has 0 aromatic carbocycles. The van der Waals surface area contributed by atoms with Crippen LogP contribution in [0.15, 0.2) is 18.6 Å². The van der Waals surface area contributed by atoms with Gasteiger partial charge in [-0.25, -0.2) is 4.98 Å². The topological polar surface area (TPSA) is 52.5 Å². The van der Waals surface area contributed by atoms with Crippen LogP contribution < -0.4 is 4.90 Å². The van der Waals surface area contributed by atoms with Gasteiger partial charge in [-0.2, -0.15) is 0 Å². The molecule has 0 spiro atoms. The van der Waals surface area contributed by atoms with Crippen molar-refractivity contribution in [1.29, 1.82) is 0 Å². The van der Waals surface area contributed by atoms with Crippen molar-refractivity contribution in [2.24, 2.45) is 0 Å². The van der Waals surface area contributed by atoms with E-state index in [1.807, 2.05) is 13.8 Å². The van der Waals surface area contributed by atoms with E-state index in [1.165, 1.54) is 0 Å². The third-order valence-electron chi connectivity index (χ3n) is 2.86. The van der Waals surface area contributed by atoms with Crippen molar-refractivity contribution in [3.05, 3.63) is 18.6 Å². The molecule has 5 nitrogen and oxygen atoms in total. The van der Waals surface area contributed by atoms with Gasteiger partial charge in [0.1, 0.15) is 5.82 Å². The van der Waals surface area contributed by atoms with E-state index in [0.717, 1.165) is 38.5 Å². The molecule has 1 aliphatic heterocycles. The van der Waals surface area contributed by atoms with Crippen LogP contribution in [0.25, 0.3) is 0 Å². The summed E-state index contributed by atoms with van der Waals surface area (Å²) in [5.74, 6) is 0.940. The summed E-state index contributed by atoms with van der Waals surface area (Å²) in [5.41, 5.74) is -0.616. The molecule has 1 fully saturated rings. The summed E-state index contributed by atoms with van der Waals surface area (Å²) in [6, 6.07) is 0. The van der Waals surface area contributed by atoms with E-state index in [0.29, 0.717) is 0 Å². The third-order valence-corrected chi connectivity index (χ3v) is 2.86. The smallest absolute Gasteiger partial charge is 0.147 e. The van der Waals surface area contributed by atoms with Gasteiger partial charge in [-0.1, -0.05) is 0 Å². The Morgan fingerprint density at radius 1 is 1.24 bits per heavy atom. The van der Waals surface area contributed by atoms with Crippen LogP contribution >= 0.6 is 0 Å². The fourth-order valence-corrected chi connectivity index (χ4v) is 2.14. The van der Waals surface area contributed by atoms with Crippen LogP contribution in [-0.2, 0) is 0 Å². The summed E-state index contributed by atoms with van der Waals surface area (Å²) in [7, 11) is 0. The number of hydrogen-bond donors (Lipinski definition) is 1. The predicted molar refractivity (Wildman–Crippen MR) is 67.0 cm³/mol. The van der Waals surface area contributed by atoms with Crippen LogP contribution in [0.1, 0.15) is 13.8 Å². The molecule has 0 unspecified atom stereocenters. The Labute approximate surface area is 102 Å². The van der Waals surface area contributed by atoms with E-state index in [2.05, 4.69) is 19.8 Å². The van der Waals surface area contributed by atoms with Crippen molar-refractivity contribution in [2.45, 2.75) is 19.4 Å². The molecule has 0 radical (unpaired) electrons. The summed E-state index contributed by atoms with van der Waals surface area (Å²) in [5, 5.41) is 9.78. The molecule has 2 heterocycles. The molecule has 0 aliphatic carbocycles. The number of piperazine rings is 1. The largest absolute Gasteiger partial charge is 0.389 e. The van der Waals surface area contributed by atoms with Gasteiger partial charge in [0.15, 0.2) is 0 Å². The quantitative estimate of drug-likeness (QED) is 0.821. The second-order valence-corrected chi connectivity index (χ2v) is 5.14. The maximum atomic E-state index is 9.78. The van der Waals surface area contributed by atoms with Crippen LogP contribution in [0.5, 0.6) is 0 Å². The van der Waals surface area contributed by atoms with E-state index in [9.17, 15) is 5.11 Å². The first-order chi connectivity index (χ1) is 8.04. The van der Waals surface area contributed by atoms with Gasteiger partial charge < -0.3 is 10.0 Å². The Morgan fingerprint density at radius 3 is 2.47 bits per heavy atom. The first kappa shape index (κ1) is 12.3. The van der Waals surface area contributed by atoms with Crippen molar-refractivity contribution < 1.29 is 5.11 Å². The monoisotopic (exact) mass is 236 g/mol. The van der Waals surface area contributed by atoms with Crippen molar-refractivity contribution in [3.63, 3.8) is 0 Å². The fourth-order valence-electron chi connectivity index (χ4n) is 2.14. The molecule has 0 amide bonds. The van der Waals surface area contributed by atoms with Gasteiger partial charge in [0.2, 0.25) is 0 Å². The fraction of sp³-hybridized carbons (Fsp3) is 0.667. The van der Waals surface area contributed by atoms with Gasteiger partial charge >= 0.3 is 0 Å². The van der Waals surface area contributed by atoms with Gasteiger partial charge in [0.05, 0.1) is 11.8 Å². The van der Waals surface area contributed by atoms with E-state index >= 15 is 0 Å². The number of hydrogen-bond acceptors (Lipinski definition) is 5. The average molecular weight is 236 g/mol. The Hall–Kier alpha value is -1.20. The molecular weight excluding hydrogens is 216 g/mol. The van der Waals surface area contributed by atoms with Gasteiger partial charge in [-0.15, -0.1) is 0 Å². The van der Waals surface area contributed by atoms with E-state index < -0.39 is 5.60 Å². The summed E-state index contributed by atoms with van der Waals surface area (Å²) in [6.45, 7) is 8.22. The first-order valence-corrected chi connectivity index (χ1v) is 6.00. The van der Waals surface area contributed by atoms with Gasteiger partial charge in [-0.05, 0) is 13.8 Å². The van der Waals surface area contributed by atoms with Gasteiger partial charge in [0, 0.05) is 45.1 Å². The van der Waals surface area contributed by atoms with Crippen LogP contribution in [0, 0.1) is 0 Å². The lowest BCUT2D eigenvalue weighted by Crippen LogP contribution is -2.50. The van der Waals surface area contributed by atoms with Crippen LogP contribution in [0.3, 0.4) is 0 Å². The molecule has 0 atom stereocenters. The van der Waals surface area contributed by atoms with Gasteiger partial charge in [-0.3, -0.25) is 9.88 Å². The number of β-amino-alcohol motifs (C(OH)–C–C–N with tert-alkyl or cyclic N) is 1. The zero-order valence-corrected chi connectivity index (χ0v) is 10.5. The summed E-state index contributed by atoms with van der Waals surface area (Å²) >= 11 is 0. The van der Waals surface area contributed by atoms with Crippen LogP contribution in [0.2, 0.25) is 0 Å². The molecule has 1 aromatic rings. The Morgan fingerprint density at radius 2 is 1.94 bits per heavy atom. The average Bonchev–Trinajstić information content (AvgIpc) is 2.29. The van der Waals surface area contributed by atoms with Crippen molar-refractivity contribution in [3.8, 4) is 0 Å². The molecule has 0 saturated carbocycles. The number of aliphatic hydroxyl groups is 1. The zero-order valence-electron chi connectivity index (χ0n) is 10.5. The number of rotatable bonds is 3. The summed E-state index contributed by atoms with van der Waals surface area (Å²) in [6.07, 6.45) is 5.21. The Kier molecular flexibility index (Phi) is 3.59. The molecule has 1 saturated heterocycles. The highest BCUT2D eigenvalue weighted by Gasteiger charge is 2.23. The molecule has 1 N–H and O–H groups in total. The van der Waals surface area contributed by atoms with Crippen LogP contribution in [0.4, 0.5) is 5.82 Å². The lowest BCUT2D eigenvalue weighted by molar-refractivity contribution is 0.0344. The molecule has 5 heteroatoms. The molecule has 0 bridgehead atoms. The highest BCUT2D eigenvalue weighted by Crippen LogP contribution is 2.13. The third kappa shape index (κ3) is 3.64. The predicted octanol–water partition coefficient (Wildman–Crippen LogP) is 0.369. The van der Waals surface area contributed by atoms with E-state index in [-0.39, 0.29) is 0 Å². The molecule has 94 valence electrons. The van der Waals surface area contributed by atoms with E-state index in [1.54, 1.807) is 18.6 Å². The first-order valence-electron chi connectivity index (χ1n) is 6.00. The SMILES string of the molecule is CC(C)(O)CN1CCN(c2cnccn2)CC1. The normalized spacial score (nSPS) is 18.4. The lowest BCUT2D eigenvalue weighted by atomic mass is 10.1. The molecule has 2 rings (SSSR count). The Balaban J connectivity index is 1.86. The molecule has 1 aromatic heterocycles. The number of anilines is 1. The minimum Gasteiger partial charge on any atom is -0.389 e. The molecular formula is C12H20N4O. The highest BCUT2D eigenvalue weighted by molar-refractivity contribution is 5.35. The second kappa shape index (κ2) is 4.98. The second-order valence-electron chi connectivity index (χ2n) is 5.14. The van der Waals surface area contributed by atoms with Crippen molar-refractivity contribution in [2.75, 3.05) is 37.6 Å². The zero-order chi connectivity index (χ0) is 12.3. The molecule has 17 heavy (non-hydrogen) atoms. The minimum absolute atomic E-state index is 0.616. The maximum absolute atomic E-state index is 9.78. The van der Waals surface area contributed by atoms with E-state index in [4.69, 9.17) is 0 Å². The lowest BCUT2D eigenvalue weighted by Gasteiger charge is -2.37. The Bertz CT molecular complexity index is 341. The van der Waals surface area contributed by atoms with Crippen molar-refractivity contribution in [1.82, 2.24) is 14.9 Å². The van der Waals surface area contributed by atoms with Crippen molar-refractivity contribution >= 4 is 5.82 Å². The minimum atomic E-state index is -0.616. The summed E-state index contributed by atoms with van der Waals surface area (Å²) in [4.78, 5) is 12.9. The highest BCUT2D eigenvalue weighted by atomic mass is 16.3. The molecule has 1 aliphatic rings. The maximum Gasteiger partial charge on any atom is 0.147 e.